The van der Waals surface area contributed by atoms with E-state index in [-0.39, 0.29) is 0 Å². The second-order valence-electron chi connectivity index (χ2n) is 6.91. The van der Waals surface area contributed by atoms with Gasteiger partial charge >= 0.3 is 0 Å². The molecule has 0 aromatic heterocycles. The summed E-state index contributed by atoms with van der Waals surface area (Å²) in [6, 6.07) is 9.47. The molecule has 0 saturated carbocycles. The molecule has 0 radical (unpaired) electrons. The van der Waals surface area contributed by atoms with Crippen LogP contribution in [0.4, 0.5) is 36.4 Å². The number of ketones is 1. The van der Waals surface area contributed by atoms with Crippen molar-refractivity contribution in [3.05, 3.63) is 64.5 Å². The Morgan fingerprint density at radius 3 is 2.06 bits per heavy atom. The van der Waals surface area contributed by atoms with Crippen molar-refractivity contribution in [2.75, 3.05) is 5.01 Å². The van der Waals surface area contributed by atoms with Gasteiger partial charge < -0.3 is 0 Å². The lowest BCUT2D eigenvalue weighted by Crippen LogP contribution is -2.37. The Kier molecular flexibility index (Phi) is 6.81. The summed E-state index contributed by atoms with van der Waals surface area (Å²) in [6.45, 7) is 0. The first-order valence-corrected chi connectivity index (χ1v) is 9.24. The van der Waals surface area contributed by atoms with Crippen molar-refractivity contribution in [1.82, 2.24) is 0 Å². The molecule has 1 unspecified atom stereocenters. The van der Waals surface area contributed by atoms with Crippen LogP contribution in [-0.2, 0) is 4.79 Å². The molecule has 0 N–H and O–H groups in total. The second-order valence-corrected chi connectivity index (χ2v) is 6.91. The lowest BCUT2D eigenvalue weighted by Gasteiger charge is -2.26. The number of Topliss-reactive ketones (excluding diaryl/α,β-unsaturated/α-hetero) is 1. The van der Waals surface area contributed by atoms with E-state index in [1.807, 2.05) is 0 Å². The van der Waals surface area contributed by atoms with Crippen LogP contribution in [0.25, 0.3) is 0 Å². The van der Waals surface area contributed by atoms with Crippen molar-refractivity contribution in [2.24, 2.45) is 11.0 Å². The quantitative estimate of drug-likeness (QED) is 0.414. The fourth-order valence-electron chi connectivity index (χ4n) is 3.35. The van der Waals surface area contributed by atoms with Crippen LogP contribution in [0.5, 0.6) is 0 Å². The molecule has 1 heterocycles. The zero-order chi connectivity index (χ0) is 24.4. The molecule has 1 aliphatic heterocycles. The third-order valence-electron chi connectivity index (χ3n) is 4.90. The summed E-state index contributed by atoms with van der Waals surface area (Å²) in [4.78, 5) is 25.0. The molecule has 0 spiro atoms. The van der Waals surface area contributed by atoms with Gasteiger partial charge in [0.15, 0.2) is 5.78 Å². The minimum Gasteiger partial charge on any atom is -0.294 e. The lowest BCUT2D eigenvalue weighted by atomic mass is 9.88. The summed E-state index contributed by atoms with van der Waals surface area (Å²) in [5, 5.41) is 14.1. The van der Waals surface area contributed by atoms with E-state index in [0.717, 1.165) is 5.01 Å². The van der Waals surface area contributed by atoms with Crippen molar-refractivity contribution in [3.8, 4) is 6.07 Å². The molecule has 5 nitrogen and oxygen atoms in total. The van der Waals surface area contributed by atoms with E-state index in [1.165, 1.54) is 12.1 Å². The SMILES string of the molecule is N#CC1=NN(c2ccccc2)C(=O)CC1CC(=O)c1c(F)c(C(F)F)c(F)c(C(F)F)c1F. The highest BCUT2D eigenvalue weighted by Gasteiger charge is 2.38. The first kappa shape index (κ1) is 23.9. The van der Waals surface area contributed by atoms with E-state index in [9.17, 15) is 45.6 Å². The number of hydrogen-bond donors (Lipinski definition) is 0. The molecule has 1 amide bonds. The molecule has 1 atom stereocenters. The van der Waals surface area contributed by atoms with Crippen molar-refractivity contribution in [3.63, 3.8) is 0 Å². The van der Waals surface area contributed by atoms with Gasteiger partial charge in [-0.15, -0.1) is 0 Å². The number of para-hydroxylation sites is 1. The van der Waals surface area contributed by atoms with Crippen LogP contribution in [0.2, 0.25) is 0 Å². The highest BCUT2D eigenvalue weighted by atomic mass is 19.3. The number of halogens is 7. The number of hydrazone groups is 1. The number of alkyl halides is 4. The number of nitrogens with zero attached hydrogens (tertiary/aromatic N) is 3. The van der Waals surface area contributed by atoms with Gasteiger partial charge in [0.25, 0.3) is 12.9 Å². The van der Waals surface area contributed by atoms with E-state index in [4.69, 9.17) is 0 Å². The van der Waals surface area contributed by atoms with Gasteiger partial charge in [0.2, 0.25) is 5.91 Å². The van der Waals surface area contributed by atoms with Crippen molar-refractivity contribution in [1.29, 1.82) is 5.26 Å². The molecule has 0 saturated heterocycles. The Labute approximate surface area is 181 Å². The van der Waals surface area contributed by atoms with Crippen molar-refractivity contribution < 1.29 is 40.3 Å². The number of anilines is 1. The van der Waals surface area contributed by atoms with E-state index >= 15 is 0 Å². The summed E-state index contributed by atoms with van der Waals surface area (Å²) in [6.07, 6.45) is -9.44. The van der Waals surface area contributed by atoms with Gasteiger partial charge in [-0.25, -0.2) is 30.7 Å². The number of hydrogen-bond acceptors (Lipinski definition) is 4. The van der Waals surface area contributed by atoms with Crippen LogP contribution in [0.15, 0.2) is 35.4 Å². The molecule has 0 bridgehead atoms. The molecular formula is C21H12F7N3O2. The minimum absolute atomic E-state index is 0.291. The van der Waals surface area contributed by atoms with E-state index in [1.54, 1.807) is 24.3 Å². The Balaban J connectivity index is 2.01. The maximum Gasteiger partial charge on any atom is 0.269 e. The summed E-state index contributed by atoms with van der Waals surface area (Å²) < 4.78 is 95.0. The van der Waals surface area contributed by atoms with Crippen LogP contribution >= 0.6 is 0 Å². The van der Waals surface area contributed by atoms with Gasteiger partial charge in [-0.3, -0.25) is 9.59 Å². The van der Waals surface area contributed by atoms with Gasteiger partial charge in [0, 0.05) is 18.8 Å². The molecule has 2 aromatic rings. The molecule has 2 aromatic carbocycles. The fourth-order valence-corrected chi connectivity index (χ4v) is 3.35. The number of amides is 1. The molecule has 1 aliphatic rings. The zero-order valence-electron chi connectivity index (χ0n) is 16.3. The predicted molar refractivity (Wildman–Crippen MR) is 100 cm³/mol. The highest BCUT2D eigenvalue weighted by Crippen LogP contribution is 2.37. The van der Waals surface area contributed by atoms with E-state index in [0.29, 0.717) is 5.69 Å². The molecule has 33 heavy (non-hydrogen) atoms. The zero-order valence-corrected chi connectivity index (χ0v) is 16.3. The third kappa shape index (κ3) is 4.44. The number of rotatable bonds is 6. The Morgan fingerprint density at radius 1 is 1.03 bits per heavy atom. The molecule has 0 aliphatic carbocycles. The van der Waals surface area contributed by atoms with Gasteiger partial charge in [-0.1, -0.05) is 18.2 Å². The first-order chi connectivity index (χ1) is 15.6. The smallest absolute Gasteiger partial charge is 0.269 e. The van der Waals surface area contributed by atoms with Crippen molar-refractivity contribution >= 4 is 23.1 Å². The summed E-state index contributed by atoms with van der Waals surface area (Å²) in [7, 11) is 0. The maximum atomic E-state index is 14.4. The molecular weight excluding hydrogens is 459 g/mol. The molecule has 0 fully saturated rings. The van der Waals surface area contributed by atoms with Gasteiger partial charge in [0.05, 0.1) is 22.4 Å². The summed E-state index contributed by atoms with van der Waals surface area (Å²) in [5.74, 6) is -10.8. The Morgan fingerprint density at radius 2 is 1.58 bits per heavy atom. The summed E-state index contributed by atoms with van der Waals surface area (Å²) in [5.41, 5.74) is -6.23. The van der Waals surface area contributed by atoms with Gasteiger partial charge in [-0.2, -0.15) is 15.4 Å². The number of carbonyl (C=O) groups is 2. The largest absolute Gasteiger partial charge is 0.294 e. The van der Waals surface area contributed by atoms with Crippen LogP contribution in [0.3, 0.4) is 0 Å². The average Bonchev–Trinajstić information content (AvgIpc) is 2.73. The summed E-state index contributed by atoms with van der Waals surface area (Å²) >= 11 is 0. The third-order valence-corrected chi connectivity index (χ3v) is 4.90. The van der Waals surface area contributed by atoms with Crippen LogP contribution < -0.4 is 5.01 Å². The standard InChI is InChI=1S/C21H12F7N3O2/c22-17-14(18(23)16(21(27)28)19(24)15(17)20(25)26)12(32)6-9-7-13(33)31(30-11(9)8-29)10-4-2-1-3-5-10/h1-5,9,20-21H,6-7H2. The van der Waals surface area contributed by atoms with E-state index in [2.05, 4.69) is 5.10 Å². The Bertz CT molecular complexity index is 1140. The first-order valence-electron chi connectivity index (χ1n) is 9.24. The van der Waals surface area contributed by atoms with E-state index < -0.39 is 83.2 Å². The molecule has 3 rings (SSSR count). The second kappa shape index (κ2) is 9.40. The monoisotopic (exact) mass is 471 g/mol. The normalized spacial score (nSPS) is 16.2. The van der Waals surface area contributed by atoms with Gasteiger partial charge in [0.1, 0.15) is 29.2 Å². The lowest BCUT2D eigenvalue weighted by molar-refractivity contribution is -0.119. The molecule has 172 valence electrons. The van der Waals surface area contributed by atoms with Crippen LogP contribution in [0.1, 0.15) is 47.2 Å². The maximum absolute atomic E-state index is 14.4. The Hall–Kier alpha value is -3.75. The number of benzene rings is 2. The number of carbonyl (C=O) groups excluding carboxylic acids is 2. The topological polar surface area (TPSA) is 73.5 Å². The highest BCUT2D eigenvalue weighted by molar-refractivity contribution is 6.11. The van der Waals surface area contributed by atoms with Crippen molar-refractivity contribution in [2.45, 2.75) is 25.7 Å². The average molecular weight is 471 g/mol. The minimum atomic E-state index is -3.96. The fraction of sp³-hybridized carbons (Fsp3) is 0.238. The predicted octanol–water partition coefficient (Wildman–Crippen LogP) is 5.48. The van der Waals surface area contributed by atoms with Gasteiger partial charge in [-0.05, 0) is 12.1 Å². The number of nitriles is 1. The molecule has 12 heteroatoms. The van der Waals surface area contributed by atoms with Crippen LogP contribution in [-0.4, -0.2) is 17.4 Å². The van der Waals surface area contributed by atoms with Crippen LogP contribution in [0, 0.1) is 34.7 Å².